The second-order valence-corrected chi connectivity index (χ2v) is 5.05. The van der Waals surface area contributed by atoms with Crippen LogP contribution in [0.5, 0.6) is 0 Å². The van der Waals surface area contributed by atoms with Crippen LogP contribution >= 0.6 is 0 Å². The van der Waals surface area contributed by atoms with Crippen LogP contribution in [0.25, 0.3) is 0 Å². The number of hydrogen-bond acceptors (Lipinski definition) is 7. The number of nitrogens with zero attached hydrogens (tertiary/aromatic N) is 4. The van der Waals surface area contributed by atoms with E-state index in [4.69, 9.17) is 0 Å². The Morgan fingerprint density at radius 1 is 1.24 bits per heavy atom. The molecule has 1 aromatic rings. The normalized spacial score (nSPS) is 11.0. The predicted octanol–water partition coefficient (Wildman–Crippen LogP) is 0.0821. The molecule has 0 aliphatic heterocycles. The topological polar surface area (TPSA) is 86.6 Å². The molecule has 1 aromatic heterocycles. The number of rotatable bonds is 8. The van der Waals surface area contributed by atoms with Crippen molar-refractivity contribution in [2.75, 3.05) is 27.3 Å². The van der Waals surface area contributed by atoms with Gasteiger partial charge in [-0.2, -0.15) is 5.10 Å². The van der Waals surface area contributed by atoms with Crippen molar-refractivity contribution in [2.24, 2.45) is 5.92 Å². The van der Waals surface area contributed by atoms with E-state index in [0.29, 0.717) is 18.3 Å². The molecule has 0 fully saturated rings. The lowest BCUT2D eigenvalue weighted by molar-refractivity contribution is -0.145. The molecule has 0 aromatic carbocycles. The van der Waals surface area contributed by atoms with Gasteiger partial charge in [-0.1, -0.05) is 13.8 Å². The van der Waals surface area contributed by atoms with Gasteiger partial charge in [0.1, 0.15) is 12.2 Å². The van der Waals surface area contributed by atoms with Crippen molar-refractivity contribution in [3.63, 3.8) is 0 Å². The van der Waals surface area contributed by atoms with Gasteiger partial charge in [0.25, 0.3) is 0 Å². The van der Waals surface area contributed by atoms with Gasteiger partial charge in [-0.15, -0.1) is 0 Å². The van der Waals surface area contributed by atoms with E-state index in [9.17, 15) is 9.59 Å². The highest BCUT2D eigenvalue weighted by Crippen LogP contribution is 2.05. The molecule has 8 heteroatoms. The van der Waals surface area contributed by atoms with Gasteiger partial charge in [-0.25, -0.2) is 9.67 Å². The monoisotopic (exact) mass is 298 g/mol. The minimum absolute atomic E-state index is 0.0138. The van der Waals surface area contributed by atoms with Crippen molar-refractivity contribution < 1.29 is 19.1 Å². The van der Waals surface area contributed by atoms with Crippen LogP contribution in [0.1, 0.15) is 19.7 Å². The first-order chi connectivity index (χ1) is 9.96. The number of methoxy groups -OCH3 is 2. The Labute approximate surface area is 124 Å². The zero-order valence-electron chi connectivity index (χ0n) is 12.9. The van der Waals surface area contributed by atoms with Crippen molar-refractivity contribution in [1.29, 1.82) is 0 Å². The summed E-state index contributed by atoms with van der Waals surface area (Å²) >= 11 is 0. The highest BCUT2D eigenvalue weighted by molar-refractivity contribution is 5.74. The summed E-state index contributed by atoms with van der Waals surface area (Å²) in [6, 6.07) is 0. The molecule has 0 aliphatic rings. The third-order valence-electron chi connectivity index (χ3n) is 2.76. The number of hydrogen-bond donors (Lipinski definition) is 0. The predicted molar refractivity (Wildman–Crippen MR) is 74.2 cm³/mol. The van der Waals surface area contributed by atoms with Gasteiger partial charge in [0.2, 0.25) is 0 Å². The van der Waals surface area contributed by atoms with Crippen LogP contribution in [0.15, 0.2) is 6.33 Å². The number of ether oxygens (including phenoxy) is 2. The fourth-order valence-electron chi connectivity index (χ4n) is 1.77. The molecule has 0 radical (unpaired) electrons. The van der Waals surface area contributed by atoms with Gasteiger partial charge in [-0.3, -0.25) is 14.5 Å². The Kier molecular flexibility index (Phi) is 6.80. The van der Waals surface area contributed by atoms with Gasteiger partial charge >= 0.3 is 11.9 Å². The van der Waals surface area contributed by atoms with Crippen molar-refractivity contribution in [2.45, 2.75) is 26.9 Å². The average molecular weight is 298 g/mol. The van der Waals surface area contributed by atoms with E-state index in [1.165, 1.54) is 20.5 Å². The number of esters is 2. The van der Waals surface area contributed by atoms with Crippen LogP contribution in [0.4, 0.5) is 0 Å². The van der Waals surface area contributed by atoms with Crippen molar-refractivity contribution in [3.05, 3.63) is 12.2 Å². The number of carbonyl (C=O) groups is 2. The second-order valence-electron chi connectivity index (χ2n) is 5.05. The van der Waals surface area contributed by atoms with E-state index in [0.717, 1.165) is 6.54 Å². The van der Waals surface area contributed by atoms with E-state index < -0.39 is 11.9 Å². The lowest BCUT2D eigenvalue weighted by Crippen LogP contribution is -2.36. The first kappa shape index (κ1) is 17.1. The van der Waals surface area contributed by atoms with Crippen LogP contribution in [-0.4, -0.2) is 58.9 Å². The lowest BCUT2D eigenvalue weighted by atomic mass is 10.2. The molecule has 118 valence electrons. The fourth-order valence-corrected chi connectivity index (χ4v) is 1.77. The second kappa shape index (κ2) is 8.35. The van der Waals surface area contributed by atoms with Crippen LogP contribution in [0.3, 0.4) is 0 Å². The molecule has 0 spiro atoms. The van der Waals surface area contributed by atoms with E-state index >= 15 is 0 Å². The minimum atomic E-state index is -0.422. The zero-order valence-corrected chi connectivity index (χ0v) is 12.9. The molecular formula is C13H22N4O4. The Hall–Kier alpha value is -1.96. The summed E-state index contributed by atoms with van der Waals surface area (Å²) in [6.07, 6.45) is 1.46. The maximum Gasteiger partial charge on any atom is 0.319 e. The quantitative estimate of drug-likeness (QED) is 0.628. The van der Waals surface area contributed by atoms with Crippen LogP contribution in [-0.2, 0) is 32.2 Å². The third-order valence-corrected chi connectivity index (χ3v) is 2.76. The number of aromatic nitrogens is 3. The van der Waals surface area contributed by atoms with Crippen molar-refractivity contribution >= 4 is 11.9 Å². The molecule has 0 aliphatic carbocycles. The molecule has 8 nitrogen and oxygen atoms in total. The zero-order chi connectivity index (χ0) is 15.8. The molecule has 0 saturated heterocycles. The molecule has 0 saturated carbocycles. The summed E-state index contributed by atoms with van der Waals surface area (Å²) < 4.78 is 11.0. The first-order valence-corrected chi connectivity index (χ1v) is 6.69. The lowest BCUT2D eigenvalue weighted by Gasteiger charge is -2.19. The first-order valence-electron chi connectivity index (χ1n) is 6.69. The molecular weight excluding hydrogens is 276 g/mol. The molecule has 0 N–H and O–H groups in total. The van der Waals surface area contributed by atoms with Crippen LogP contribution in [0, 0.1) is 5.92 Å². The summed E-state index contributed by atoms with van der Waals surface area (Å²) in [5, 5.41) is 4.15. The SMILES string of the molecule is COC(=O)CN(CC(=O)OC)Cc1ncnn1CC(C)C. The molecule has 0 bridgehead atoms. The average Bonchev–Trinajstić information content (AvgIpc) is 2.84. The third kappa shape index (κ3) is 5.90. The molecule has 21 heavy (non-hydrogen) atoms. The van der Waals surface area contributed by atoms with E-state index in [-0.39, 0.29) is 13.1 Å². The summed E-state index contributed by atoms with van der Waals surface area (Å²) in [5.74, 6) is 0.263. The maximum absolute atomic E-state index is 11.4. The van der Waals surface area contributed by atoms with Gasteiger partial charge in [-0.05, 0) is 5.92 Å². The molecule has 1 rings (SSSR count). The Bertz CT molecular complexity index is 454. The fraction of sp³-hybridized carbons (Fsp3) is 0.692. The van der Waals surface area contributed by atoms with E-state index in [1.807, 2.05) is 0 Å². The standard InChI is InChI=1S/C13H22N4O4/c1-10(2)5-17-11(14-9-15-17)6-16(7-12(18)20-3)8-13(19)21-4/h9-10H,5-8H2,1-4H3. The van der Waals surface area contributed by atoms with Crippen LogP contribution < -0.4 is 0 Å². The maximum atomic E-state index is 11.4. The van der Waals surface area contributed by atoms with Crippen LogP contribution in [0.2, 0.25) is 0 Å². The highest BCUT2D eigenvalue weighted by Gasteiger charge is 2.18. The van der Waals surface area contributed by atoms with Gasteiger partial charge in [0.05, 0.1) is 33.9 Å². The Morgan fingerprint density at radius 3 is 2.29 bits per heavy atom. The summed E-state index contributed by atoms with van der Waals surface area (Å²) in [6.45, 7) is 5.16. The van der Waals surface area contributed by atoms with Crippen molar-refractivity contribution in [1.82, 2.24) is 19.7 Å². The summed E-state index contributed by atoms with van der Waals surface area (Å²) in [7, 11) is 2.61. The minimum Gasteiger partial charge on any atom is -0.468 e. The molecule has 0 atom stereocenters. The van der Waals surface area contributed by atoms with E-state index in [2.05, 4.69) is 33.4 Å². The van der Waals surface area contributed by atoms with Gasteiger partial charge < -0.3 is 9.47 Å². The smallest absolute Gasteiger partial charge is 0.319 e. The summed E-state index contributed by atoms with van der Waals surface area (Å²) in [5.41, 5.74) is 0. The highest BCUT2D eigenvalue weighted by atomic mass is 16.5. The molecule has 0 unspecified atom stereocenters. The molecule has 0 amide bonds. The largest absolute Gasteiger partial charge is 0.468 e. The van der Waals surface area contributed by atoms with E-state index in [1.54, 1.807) is 9.58 Å². The Balaban J connectivity index is 2.77. The van der Waals surface area contributed by atoms with Crippen molar-refractivity contribution in [3.8, 4) is 0 Å². The Morgan fingerprint density at radius 2 is 1.81 bits per heavy atom. The molecule has 1 heterocycles. The van der Waals surface area contributed by atoms with Gasteiger partial charge in [0.15, 0.2) is 0 Å². The number of carbonyl (C=O) groups excluding carboxylic acids is 2. The van der Waals surface area contributed by atoms with Gasteiger partial charge in [0, 0.05) is 6.54 Å². The summed E-state index contributed by atoms with van der Waals surface area (Å²) in [4.78, 5) is 28.6.